The van der Waals surface area contributed by atoms with E-state index in [9.17, 15) is 13.2 Å². The molecule has 1 aliphatic heterocycles. The number of hydrogen-bond acceptors (Lipinski definition) is 7. The zero-order chi connectivity index (χ0) is 24.5. The summed E-state index contributed by atoms with van der Waals surface area (Å²) in [4.78, 5) is 17.1. The molecular weight excluding hydrogens is 474 g/mol. The molecule has 0 atom stereocenters. The van der Waals surface area contributed by atoms with E-state index in [0.717, 1.165) is 35.4 Å². The summed E-state index contributed by atoms with van der Waals surface area (Å²) in [5.41, 5.74) is 2.35. The van der Waals surface area contributed by atoms with Gasteiger partial charge in [-0.15, -0.1) is 11.3 Å². The first-order valence-corrected chi connectivity index (χ1v) is 13.3. The van der Waals surface area contributed by atoms with Crippen LogP contribution in [-0.4, -0.2) is 44.4 Å². The van der Waals surface area contributed by atoms with Crippen LogP contribution in [0, 0.1) is 5.92 Å². The first-order valence-electron chi connectivity index (χ1n) is 11.0. The highest BCUT2D eigenvalue weighted by Gasteiger charge is 2.39. The maximum absolute atomic E-state index is 12.9. The van der Waals surface area contributed by atoms with Crippen molar-refractivity contribution in [2.24, 2.45) is 5.92 Å². The number of aromatic nitrogens is 2. The summed E-state index contributed by atoms with van der Waals surface area (Å²) in [7, 11) is -2.93. The summed E-state index contributed by atoms with van der Waals surface area (Å²) < 4.78 is 39.9. The third-order valence-electron chi connectivity index (χ3n) is 5.72. The number of methoxy groups -OCH3 is 1. The lowest BCUT2D eigenvalue weighted by molar-refractivity contribution is -0.0557. The normalized spacial score (nSPS) is 15.2. The smallest absolute Gasteiger partial charge is 0.420 e. The number of sulfonamides is 1. The van der Waals surface area contributed by atoms with Crippen molar-refractivity contribution < 1.29 is 22.7 Å². The Morgan fingerprint density at radius 1 is 1.29 bits per heavy atom. The zero-order valence-electron chi connectivity index (χ0n) is 19.7. The van der Waals surface area contributed by atoms with Gasteiger partial charge in [0.1, 0.15) is 10.0 Å². The van der Waals surface area contributed by atoms with E-state index < -0.39 is 16.1 Å². The van der Waals surface area contributed by atoms with Crippen molar-refractivity contribution in [3.63, 3.8) is 0 Å². The molecule has 2 aromatic heterocycles. The molecule has 0 aliphatic carbocycles. The van der Waals surface area contributed by atoms with Crippen molar-refractivity contribution in [2.75, 3.05) is 20.3 Å². The molecule has 182 valence electrons. The third kappa shape index (κ3) is 5.03. The molecule has 0 spiro atoms. The van der Waals surface area contributed by atoms with Gasteiger partial charge in [-0.2, -0.15) is 0 Å². The minimum absolute atomic E-state index is 0.0666. The van der Waals surface area contributed by atoms with Crippen LogP contribution in [0.1, 0.15) is 37.0 Å². The number of carbonyl (C=O) groups excluding carboxylic acids is 1. The number of rotatable bonds is 8. The third-order valence-corrected chi connectivity index (χ3v) is 8.72. The van der Waals surface area contributed by atoms with Crippen molar-refractivity contribution >= 4 is 27.5 Å². The second-order valence-corrected chi connectivity index (χ2v) is 12.3. The zero-order valence-corrected chi connectivity index (χ0v) is 21.3. The van der Waals surface area contributed by atoms with Crippen molar-refractivity contribution in [1.82, 2.24) is 14.3 Å². The van der Waals surface area contributed by atoms with Gasteiger partial charge in [0.2, 0.25) is 0 Å². The fourth-order valence-electron chi connectivity index (χ4n) is 4.01. The van der Waals surface area contributed by atoms with Crippen LogP contribution in [0.3, 0.4) is 0 Å². The highest BCUT2D eigenvalue weighted by Crippen LogP contribution is 2.37. The molecule has 0 saturated carbocycles. The Hall–Kier alpha value is -2.69. The van der Waals surface area contributed by atoms with Crippen LogP contribution in [0.4, 0.5) is 4.79 Å². The van der Waals surface area contributed by atoms with E-state index in [4.69, 9.17) is 4.74 Å². The molecule has 0 bridgehead atoms. The van der Waals surface area contributed by atoms with Crippen LogP contribution in [0.2, 0.25) is 0 Å². The van der Waals surface area contributed by atoms with Crippen molar-refractivity contribution in [3.05, 3.63) is 59.0 Å². The molecule has 1 N–H and O–H groups in total. The highest BCUT2D eigenvalue weighted by molar-refractivity contribution is 7.92. The molecule has 10 heteroatoms. The van der Waals surface area contributed by atoms with Crippen LogP contribution in [0.15, 0.2) is 46.9 Å². The van der Waals surface area contributed by atoms with Gasteiger partial charge in [0, 0.05) is 29.4 Å². The van der Waals surface area contributed by atoms with Gasteiger partial charge in [0.25, 0.3) is 10.0 Å². The first kappa shape index (κ1) is 24.4. The predicted molar refractivity (Wildman–Crippen MR) is 131 cm³/mol. The Morgan fingerprint density at radius 3 is 2.59 bits per heavy atom. The van der Waals surface area contributed by atoms with Crippen molar-refractivity contribution in [1.29, 1.82) is 0 Å². The predicted octanol–water partition coefficient (Wildman–Crippen LogP) is 4.19. The van der Waals surface area contributed by atoms with E-state index in [1.165, 1.54) is 11.3 Å². The fourth-order valence-corrected chi connectivity index (χ4v) is 6.87. The summed E-state index contributed by atoms with van der Waals surface area (Å²) >= 11 is 1.18. The molecule has 1 fully saturated rings. The molecule has 8 nitrogen and oxygen atoms in total. The molecule has 1 amide bonds. The van der Waals surface area contributed by atoms with Gasteiger partial charge in [-0.05, 0) is 36.5 Å². The highest BCUT2D eigenvalue weighted by atomic mass is 32.2. The number of amides is 1. The van der Waals surface area contributed by atoms with Crippen molar-refractivity contribution in [2.45, 2.75) is 43.4 Å². The Labute approximate surface area is 204 Å². The monoisotopic (exact) mass is 503 g/mol. The second-order valence-electron chi connectivity index (χ2n) is 9.24. The lowest BCUT2D eigenvalue weighted by Gasteiger charge is -2.37. The fraction of sp³-hybridized carbons (Fsp3) is 0.417. The Morgan fingerprint density at radius 2 is 2.00 bits per heavy atom. The number of thiophene rings is 1. The van der Waals surface area contributed by atoms with Gasteiger partial charge in [-0.25, -0.2) is 22.9 Å². The summed E-state index contributed by atoms with van der Waals surface area (Å²) in [6.07, 6.45) is 3.50. The number of carbonyl (C=O) groups is 1. The van der Waals surface area contributed by atoms with Crippen LogP contribution in [0.5, 0.6) is 0 Å². The Kier molecular flexibility index (Phi) is 6.84. The van der Waals surface area contributed by atoms with Gasteiger partial charge >= 0.3 is 6.09 Å². The van der Waals surface area contributed by atoms with Crippen LogP contribution in [0.25, 0.3) is 11.1 Å². The molecule has 3 heterocycles. The minimum atomic E-state index is -4.07. The number of benzene rings is 1. The van der Waals surface area contributed by atoms with E-state index in [0.29, 0.717) is 31.2 Å². The SMILES string of the molecule is COC(=O)NS(=O)(=O)c1sc(CC(C)C)cc1-c1ccc(Cn2ccnc2C2(C)COC2)cc1. The van der Waals surface area contributed by atoms with Crippen LogP contribution < -0.4 is 4.72 Å². The quantitative estimate of drug-likeness (QED) is 0.495. The van der Waals surface area contributed by atoms with Gasteiger partial charge < -0.3 is 14.0 Å². The van der Waals surface area contributed by atoms with E-state index >= 15 is 0 Å². The largest absolute Gasteiger partial charge is 0.452 e. The standard InChI is InChI=1S/C24H29N3O5S2/c1-16(2)11-19-12-20(21(33-19)34(29,30)26-23(28)31-4)18-7-5-17(6-8-18)13-27-10-9-25-22(27)24(3)14-32-15-24/h5-10,12,16H,11,13-15H2,1-4H3,(H,26,28). The first-order chi connectivity index (χ1) is 16.1. The minimum Gasteiger partial charge on any atom is -0.452 e. The Balaban J connectivity index is 1.63. The number of hydrogen-bond donors (Lipinski definition) is 1. The average molecular weight is 504 g/mol. The number of nitrogens with one attached hydrogen (secondary N) is 1. The molecule has 0 radical (unpaired) electrons. The summed E-state index contributed by atoms with van der Waals surface area (Å²) in [6, 6.07) is 9.71. The van der Waals surface area contributed by atoms with Gasteiger partial charge in [-0.3, -0.25) is 0 Å². The lowest BCUT2D eigenvalue weighted by atomic mass is 9.87. The molecule has 1 aliphatic rings. The molecular formula is C24H29N3O5S2. The van der Waals surface area contributed by atoms with E-state index in [-0.39, 0.29) is 9.62 Å². The average Bonchev–Trinajstić information content (AvgIpc) is 3.39. The second kappa shape index (κ2) is 9.52. The summed E-state index contributed by atoms with van der Waals surface area (Å²) in [5.74, 6) is 1.37. The molecule has 0 unspecified atom stereocenters. The van der Waals surface area contributed by atoms with Gasteiger partial charge in [-0.1, -0.05) is 38.1 Å². The van der Waals surface area contributed by atoms with Crippen LogP contribution >= 0.6 is 11.3 Å². The maximum Gasteiger partial charge on any atom is 0.420 e. The molecule has 1 saturated heterocycles. The molecule has 3 aromatic rings. The number of ether oxygens (including phenoxy) is 2. The number of nitrogens with zero attached hydrogens (tertiary/aromatic N) is 2. The van der Waals surface area contributed by atoms with Crippen LogP contribution in [-0.2, 0) is 37.9 Å². The van der Waals surface area contributed by atoms with Crippen molar-refractivity contribution in [3.8, 4) is 11.1 Å². The molecule has 1 aromatic carbocycles. The number of imidazole rings is 1. The van der Waals surface area contributed by atoms with E-state index in [2.05, 4.69) is 35.1 Å². The molecule has 4 rings (SSSR count). The molecule has 34 heavy (non-hydrogen) atoms. The summed E-state index contributed by atoms with van der Waals surface area (Å²) in [5, 5.41) is 0. The van der Waals surface area contributed by atoms with Gasteiger partial charge in [0.15, 0.2) is 0 Å². The maximum atomic E-state index is 12.9. The summed E-state index contributed by atoms with van der Waals surface area (Å²) in [6.45, 7) is 8.29. The Bertz CT molecular complexity index is 1270. The van der Waals surface area contributed by atoms with E-state index in [1.807, 2.05) is 41.3 Å². The van der Waals surface area contributed by atoms with Gasteiger partial charge in [0.05, 0.1) is 25.7 Å². The van der Waals surface area contributed by atoms with E-state index in [1.54, 1.807) is 6.20 Å². The lowest BCUT2D eigenvalue weighted by Crippen LogP contribution is -2.46. The topological polar surface area (TPSA) is 99.5 Å².